The van der Waals surface area contributed by atoms with Gasteiger partial charge in [-0.15, -0.1) is 0 Å². The molecule has 0 spiro atoms. The van der Waals surface area contributed by atoms with Crippen molar-refractivity contribution in [1.29, 1.82) is 0 Å². The van der Waals surface area contributed by atoms with Crippen LogP contribution in [0.15, 0.2) is 29.1 Å². The first-order chi connectivity index (χ1) is 16.4. The number of nitrogens with zero attached hydrogens (tertiary/aromatic N) is 4. The Balaban J connectivity index is 1.83. The first-order valence-corrected chi connectivity index (χ1v) is 10.6. The largest absolute Gasteiger partial charge is 0.497 e. The third-order valence-electron chi connectivity index (χ3n) is 6.20. The Morgan fingerprint density at radius 1 is 1.06 bits per heavy atom. The standard InChI is InChI=1S/C21H21F7N4O3/c1-34-14-4-2-13(3-5-14)6-7-32-18-29-16(30-8-10-35-11-9-30)15(22)17(33)31(18)12-19(32,20(23,24)25)21(26,27)28/h2-5H,6-12H2,1H3. The van der Waals surface area contributed by atoms with E-state index in [-0.39, 0.29) is 42.2 Å². The number of anilines is 2. The van der Waals surface area contributed by atoms with E-state index in [1.807, 2.05) is 0 Å². The third-order valence-corrected chi connectivity index (χ3v) is 6.20. The molecule has 1 aromatic carbocycles. The number of ether oxygens (including phenoxy) is 2. The Kier molecular flexibility index (Phi) is 6.36. The number of benzene rings is 1. The highest BCUT2D eigenvalue weighted by atomic mass is 19.4. The van der Waals surface area contributed by atoms with Crippen LogP contribution in [0.1, 0.15) is 5.56 Å². The summed E-state index contributed by atoms with van der Waals surface area (Å²) in [5.41, 5.74) is -5.62. The van der Waals surface area contributed by atoms with Crippen LogP contribution in [0.3, 0.4) is 0 Å². The first kappa shape index (κ1) is 25.1. The zero-order valence-corrected chi connectivity index (χ0v) is 18.4. The van der Waals surface area contributed by atoms with Crippen LogP contribution < -0.4 is 20.1 Å². The first-order valence-electron chi connectivity index (χ1n) is 10.6. The maximum atomic E-state index is 14.9. The van der Waals surface area contributed by atoms with Gasteiger partial charge in [-0.2, -0.15) is 35.7 Å². The van der Waals surface area contributed by atoms with Crippen LogP contribution in [-0.2, 0) is 17.7 Å². The summed E-state index contributed by atoms with van der Waals surface area (Å²) >= 11 is 0. The van der Waals surface area contributed by atoms with E-state index in [0.717, 1.165) is 0 Å². The van der Waals surface area contributed by atoms with E-state index in [1.165, 1.54) is 36.3 Å². The third kappa shape index (κ3) is 4.17. The van der Waals surface area contributed by atoms with Crippen LogP contribution in [-0.4, -0.2) is 67.4 Å². The minimum absolute atomic E-state index is 0.0298. The highest BCUT2D eigenvalue weighted by Crippen LogP contribution is 2.52. The second-order valence-electron chi connectivity index (χ2n) is 8.15. The van der Waals surface area contributed by atoms with Crippen LogP contribution in [0, 0.1) is 5.82 Å². The van der Waals surface area contributed by atoms with Gasteiger partial charge in [0.05, 0.1) is 26.9 Å². The van der Waals surface area contributed by atoms with Gasteiger partial charge in [-0.3, -0.25) is 9.36 Å². The van der Waals surface area contributed by atoms with Crippen LogP contribution >= 0.6 is 0 Å². The molecule has 0 amide bonds. The van der Waals surface area contributed by atoms with Gasteiger partial charge < -0.3 is 19.3 Å². The molecular weight excluding hydrogens is 489 g/mol. The van der Waals surface area contributed by atoms with E-state index in [9.17, 15) is 35.5 Å². The van der Waals surface area contributed by atoms with Crippen LogP contribution in [0.2, 0.25) is 0 Å². The molecule has 1 saturated heterocycles. The quantitative estimate of drug-likeness (QED) is 0.577. The average Bonchev–Trinajstić information content (AvgIpc) is 3.17. The van der Waals surface area contributed by atoms with E-state index < -0.39 is 54.1 Å². The number of aromatic nitrogens is 2. The van der Waals surface area contributed by atoms with E-state index in [0.29, 0.717) is 11.3 Å². The normalized spacial score (nSPS) is 18.1. The fourth-order valence-electron chi connectivity index (χ4n) is 4.30. The molecule has 0 atom stereocenters. The number of morpholine rings is 1. The number of rotatable bonds is 5. The van der Waals surface area contributed by atoms with Gasteiger partial charge in [0.1, 0.15) is 5.75 Å². The van der Waals surface area contributed by atoms with Gasteiger partial charge in [-0.25, -0.2) is 0 Å². The van der Waals surface area contributed by atoms with Gasteiger partial charge in [0, 0.05) is 19.6 Å². The number of hydrogen-bond acceptors (Lipinski definition) is 6. The lowest BCUT2D eigenvalue weighted by molar-refractivity contribution is -0.297. The lowest BCUT2D eigenvalue weighted by atomic mass is 9.96. The van der Waals surface area contributed by atoms with Gasteiger partial charge in [-0.1, -0.05) is 12.1 Å². The number of alkyl halides is 6. The van der Waals surface area contributed by atoms with Gasteiger partial charge in [0.2, 0.25) is 11.8 Å². The van der Waals surface area contributed by atoms with E-state index >= 15 is 0 Å². The minimum atomic E-state index is -5.85. The molecule has 0 bridgehead atoms. The molecule has 2 aliphatic heterocycles. The number of fused-ring (bicyclic) bond motifs is 1. The fraction of sp³-hybridized carbons (Fsp3) is 0.524. The molecule has 4 rings (SSSR count). The summed E-state index contributed by atoms with van der Waals surface area (Å²) in [5, 5.41) is 0. The monoisotopic (exact) mass is 510 g/mol. The van der Waals surface area contributed by atoms with Crippen molar-refractivity contribution in [2.24, 2.45) is 0 Å². The van der Waals surface area contributed by atoms with E-state index in [2.05, 4.69) is 4.98 Å². The second-order valence-corrected chi connectivity index (χ2v) is 8.15. The van der Waals surface area contributed by atoms with Crippen molar-refractivity contribution in [1.82, 2.24) is 9.55 Å². The second kappa shape index (κ2) is 8.88. The number of methoxy groups -OCH3 is 1. The molecule has 3 heterocycles. The molecule has 2 aliphatic rings. The number of hydrogen-bond donors (Lipinski definition) is 0. The molecule has 1 fully saturated rings. The van der Waals surface area contributed by atoms with Gasteiger partial charge >= 0.3 is 12.4 Å². The van der Waals surface area contributed by atoms with Crippen molar-refractivity contribution in [2.75, 3.05) is 49.8 Å². The Hall–Kier alpha value is -3.03. The Bertz CT molecular complexity index is 1110. The van der Waals surface area contributed by atoms with E-state index in [4.69, 9.17) is 9.47 Å². The zero-order chi connectivity index (χ0) is 25.6. The predicted molar refractivity (Wildman–Crippen MR) is 110 cm³/mol. The predicted octanol–water partition coefficient (Wildman–Crippen LogP) is 3.15. The molecule has 35 heavy (non-hydrogen) atoms. The zero-order valence-electron chi connectivity index (χ0n) is 18.4. The fourth-order valence-corrected chi connectivity index (χ4v) is 4.30. The van der Waals surface area contributed by atoms with Crippen LogP contribution in [0.5, 0.6) is 5.75 Å². The Morgan fingerprint density at radius 2 is 1.66 bits per heavy atom. The van der Waals surface area contributed by atoms with Gasteiger partial charge in [0.15, 0.2) is 5.82 Å². The highest BCUT2D eigenvalue weighted by molar-refractivity contribution is 5.52. The summed E-state index contributed by atoms with van der Waals surface area (Å²) in [4.78, 5) is 17.8. The van der Waals surface area contributed by atoms with Crippen molar-refractivity contribution < 1.29 is 40.2 Å². The van der Waals surface area contributed by atoms with Crippen molar-refractivity contribution in [3.8, 4) is 5.75 Å². The SMILES string of the molecule is COc1ccc(CCN2c3nc(N4CCOCC4)c(F)c(=O)n3CC2(C(F)(F)F)C(F)(F)F)cc1. The molecule has 0 aliphatic carbocycles. The molecule has 0 N–H and O–H groups in total. The Labute approximate surface area is 194 Å². The number of halogens is 7. The maximum Gasteiger partial charge on any atom is 0.422 e. The van der Waals surface area contributed by atoms with Crippen molar-refractivity contribution >= 4 is 11.8 Å². The molecule has 192 valence electrons. The molecule has 7 nitrogen and oxygen atoms in total. The summed E-state index contributed by atoms with van der Waals surface area (Å²) in [6.45, 7) is -2.23. The topological polar surface area (TPSA) is 59.8 Å². The molecule has 1 aromatic heterocycles. The van der Waals surface area contributed by atoms with Crippen molar-refractivity contribution in [3.63, 3.8) is 0 Å². The molecule has 14 heteroatoms. The minimum Gasteiger partial charge on any atom is -0.497 e. The van der Waals surface area contributed by atoms with Crippen molar-refractivity contribution in [2.45, 2.75) is 30.9 Å². The lowest BCUT2D eigenvalue weighted by Gasteiger charge is -2.40. The summed E-state index contributed by atoms with van der Waals surface area (Å²) in [6, 6.07) is 6.04. The molecule has 0 unspecified atom stereocenters. The van der Waals surface area contributed by atoms with Crippen molar-refractivity contribution in [3.05, 3.63) is 46.0 Å². The lowest BCUT2D eigenvalue weighted by Crippen LogP contribution is -2.67. The summed E-state index contributed by atoms with van der Waals surface area (Å²) in [5.74, 6) is -2.54. The molecule has 0 saturated carbocycles. The molecule has 2 aromatic rings. The van der Waals surface area contributed by atoms with Crippen LogP contribution in [0.4, 0.5) is 42.5 Å². The van der Waals surface area contributed by atoms with E-state index in [1.54, 1.807) is 0 Å². The van der Waals surface area contributed by atoms with Crippen LogP contribution in [0.25, 0.3) is 0 Å². The molecular formula is C21H21F7N4O3. The van der Waals surface area contributed by atoms with Gasteiger partial charge in [-0.05, 0) is 24.1 Å². The summed E-state index contributed by atoms with van der Waals surface area (Å²) < 4.78 is 110. The highest BCUT2D eigenvalue weighted by Gasteiger charge is 2.77. The average molecular weight is 510 g/mol. The molecule has 0 radical (unpaired) electrons. The smallest absolute Gasteiger partial charge is 0.422 e. The maximum absolute atomic E-state index is 14.9. The summed E-state index contributed by atoms with van der Waals surface area (Å²) in [6.07, 6.45) is -11.9. The summed E-state index contributed by atoms with van der Waals surface area (Å²) in [7, 11) is 1.41. The van der Waals surface area contributed by atoms with Gasteiger partial charge in [0.25, 0.3) is 11.1 Å². The Morgan fingerprint density at radius 3 is 2.20 bits per heavy atom.